The fourth-order valence-electron chi connectivity index (χ4n) is 3.47. The van der Waals surface area contributed by atoms with Gasteiger partial charge in [-0.1, -0.05) is 6.92 Å². The maximum Gasteiger partial charge on any atom is 0.265 e. The zero-order valence-electron chi connectivity index (χ0n) is 16.4. The lowest BCUT2D eigenvalue weighted by molar-refractivity contribution is -0.136. The van der Waals surface area contributed by atoms with E-state index in [-0.39, 0.29) is 47.9 Å². The third-order valence-electron chi connectivity index (χ3n) is 5.55. The minimum Gasteiger partial charge on any atom is -0.479 e. The number of likely N-dealkylation sites (tertiary alicyclic amines) is 1. The number of carbonyl (C=O) groups excluding carboxylic acids is 3. The normalized spacial score (nSPS) is 21.5. The first kappa shape index (κ1) is 22.2. The smallest absolute Gasteiger partial charge is 0.265 e. The molecule has 0 saturated carbocycles. The second-order valence-electron chi connectivity index (χ2n) is 7.57. The van der Waals surface area contributed by atoms with Gasteiger partial charge < -0.3 is 20.7 Å². The van der Waals surface area contributed by atoms with E-state index in [9.17, 15) is 14.4 Å². The average molecular weight is 410 g/mol. The number of hydrogen-bond donors (Lipinski definition) is 2. The molecule has 154 valence electrons. The molecule has 3 unspecified atom stereocenters. The van der Waals surface area contributed by atoms with Crippen molar-refractivity contribution in [2.45, 2.75) is 45.8 Å². The van der Waals surface area contributed by atoms with Crippen LogP contribution < -0.4 is 15.8 Å². The van der Waals surface area contributed by atoms with Gasteiger partial charge in [-0.15, -0.1) is 12.4 Å². The molecular weight excluding hydrogens is 382 g/mol. The topological polar surface area (TPSA) is 102 Å². The van der Waals surface area contributed by atoms with Crippen LogP contribution in [0.25, 0.3) is 0 Å². The van der Waals surface area contributed by atoms with Crippen LogP contribution in [0.1, 0.15) is 44.0 Å². The number of carbonyl (C=O) groups is 3. The molecule has 8 heteroatoms. The summed E-state index contributed by atoms with van der Waals surface area (Å²) in [6.07, 6.45) is 0.722. The van der Waals surface area contributed by atoms with E-state index in [0.717, 1.165) is 0 Å². The second kappa shape index (κ2) is 8.92. The van der Waals surface area contributed by atoms with Crippen LogP contribution in [-0.2, 0) is 9.59 Å². The van der Waals surface area contributed by atoms with Crippen molar-refractivity contribution in [1.29, 1.82) is 0 Å². The van der Waals surface area contributed by atoms with Crippen LogP contribution in [0.3, 0.4) is 0 Å². The van der Waals surface area contributed by atoms with E-state index in [4.69, 9.17) is 10.5 Å². The van der Waals surface area contributed by atoms with Crippen LogP contribution in [0, 0.1) is 11.8 Å². The largest absolute Gasteiger partial charge is 0.479 e. The Labute approximate surface area is 171 Å². The fourth-order valence-corrected chi connectivity index (χ4v) is 3.47. The molecular formula is C20H28ClN3O4. The van der Waals surface area contributed by atoms with Gasteiger partial charge in [0.1, 0.15) is 5.75 Å². The molecule has 3 N–H and O–H groups in total. The quantitative estimate of drug-likeness (QED) is 0.742. The van der Waals surface area contributed by atoms with Gasteiger partial charge in [0.05, 0.1) is 11.6 Å². The summed E-state index contributed by atoms with van der Waals surface area (Å²) < 4.78 is 5.53. The molecule has 3 atom stereocenters. The predicted molar refractivity (Wildman–Crippen MR) is 109 cm³/mol. The highest BCUT2D eigenvalue weighted by atomic mass is 35.5. The van der Waals surface area contributed by atoms with Crippen LogP contribution in [0.15, 0.2) is 18.2 Å². The number of nitrogens with one attached hydrogen (secondary N) is 1. The molecule has 7 nitrogen and oxygen atoms in total. The van der Waals surface area contributed by atoms with Gasteiger partial charge >= 0.3 is 0 Å². The Morgan fingerprint density at radius 2 is 1.89 bits per heavy atom. The Hall–Kier alpha value is -2.12. The molecule has 3 rings (SSSR count). The Morgan fingerprint density at radius 3 is 2.50 bits per heavy atom. The number of fused-ring (bicyclic) bond motifs is 1. The molecule has 1 fully saturated rings. The van der Waals surface area contributed by atoms with E-state index in [1.165, 1.54) is 0 Å². The SMILES string of the molecule is CC1Oc2ccc(C(=O)C3CCN(C(=O)C(C)C(C)N)CC3)cc2NC1=O.Cl. The lowest BCUT2D eigenvalue weighted by atomic mass is 9.88. The van der Waals surface area contributed by atoms with Crippen molar-refractivity contribution in [3.8, 4) is 5.75 Å². The summed E-state index contributed by atoms with van der Waals surface area (Å²) >= 11 is 0. The van der Waals surface area contributed by atoms with E-state index in [2.05, 4.69) is 5.32 Å². The van der Waals surface area contributed by atoms with Gasteiger partial charge in [-0.05, 0) is 44.9 Å². The number of ether oxygens (including phenoxy) is 1. The molecule has 28 heavy (non-hydrogen) atoms. The van der Waals surface area contributed by atoms with Crippen molar-refractivity contribution >= 4 is 35.7 Å². The maximum absolute atomic E-state index is 12.9. The molecule has 1 aromatic rings. The molecule has 0 aromatic heterocycles. The molecule has 2 aliphatic heterocycles. The number of ketones is 1. The van der Waals surface area contributed by atoms with Crippen LogP contribution in [0.5, 0.6) is 5.75 Å². The van der Waals surface area contributed by atoms with Gasteiger partial charge in [-0.25, -0.2) is 0 Å². The highest BCUT2D eigenvalue weighted by Crippen LogP contribution is 2.32. The summed E-state index contributed by atoms with van der Waals surface area (Å²) in [7, 11) is 0. The number of Topliss-reactive ketones (excluding diaryl/α,β-unsaturated/α-hetero) is 1. The van der Waals surface area contributed by atoms with Crippen molar-refractivity contribution in [1.82, 2.24) is 4.90 Å². The first-order valence-electron chi connectivity index (χ1n) is 9.48. The summed E-state index contributed by atoms with van der Waals surface area (Å²) in [5.74, 6) is 0.101. The Morgan fingerprint density at radius 1 is 1.25 bits per heavy atom. The van der Waals surface area contributed by atoms with Crippen molar-refractivity contribution in [2.24, 2.45) is 17.6 Å². The number of nitrogens with zero attached hydrogens (tertiary/aromatic N) is 1. The Kier molecular flexibility index (Phi) is 7.06. The van der Waals surface area contributed by atoms with Gasteiger partial charge in [-0.2, -0.15) is 0 Å². The molecule has 0 radical (unpaired) electrons. The molecule has 0 bridgehead atoms. The molecule has 0 aliphatic carbocycles. The number of piperidine rings is 1. The van der Waals surface area contributed by atoms with E-state index >= 15 is 0 Å². The number of anilines is 1. The monoisotopic (exact) mass is 409 g/mol. The standard InChI is InChI=1S/C20H27N3O4.ClH/c1-11(12(2)21)20(26)23-8-6-14(7-9-23)18(24)15-4-5-17-16(10-15)22-19(25)13(3)27-17;/h4-5,10-14H,6-9,21H2,1-3H3,(H,22,25);1H. The highest BCUT2D eigenvalue weighted by molar-refractivity contribution is 6.02. The number of nitrogens with two attached hydrogens (primary N) is 1. The van der Waals surface area contributed by atoms with Crippen LogP contribution >= 0.6 is 12.4 Å². The lowest BCUT2D eigenvalue weighted by Crippen LogP contribution is -2.46. The average Bonchev–Trinajstić information content (AvgIpc) is 2.67. The van der Waals surface area contributed by atoms with Crippen molar-refractivity contribution < 1.29 is 19.1 Å². The van der Waals surface area contributed by atoms with Gasteiger partial charge in [0.2, 0.25) is 5.91 Å². The molecule has 2 amide bonds. The number of hydrogen-bond acceptors (Lipinski definition) is 5. The first-order valence-corrected chi connectivity index (χ1v) is 9.48. The summed E-state index contributed by atoms with van der Waals surface area (Å²) in [6.45, 7) is 6.48. The summed E-state index contributed by atoms with van der Waals surface area (Å²) in [6, 6.07) is 4.95. The molecule has 0 spiro atoms. The lowest BCUT2D eigenvalue weighted by Gasteiger charge is -2.34. The van der Waals surface area contributed by atoms with Gasteiger partial charge in [0.25, 0.3) is 5.91 Å². The number of benzene rings is 1. The van der Waals surface area contributed by atoms with Crippen LogP contribution in [0.2, 0.25) is 0 Å². The number of rotatable bonds is 4. The van der Waals surface area contributed by atoms with Crippen molar-refractivity contribution in [2.75, 3.05) is 18.4 Å². The zero-order chi connectivity index (χ0) is 19.7. The van der Waals surface area contributed by atoms with E-state index < -0.39 is 6.10 Å². The predicted octanol–water partition coefficient (Wildman–Crippen LogP) is 2.23. The Balaban J connectivity index is 0.00000280. The Bertz CT molecular complexity index is 760. The van der Waals surface area contributed by atoms with Crippen molar-refractivity contribution in [3.05, 3.63) is 23.8 Å². The van der Waals surface area contributed by atoms with Crippen LogP contribution in [0.4, 0.5) is 5.69 Å². The number of amides is 2. The van der Waals surface area contributed by atoms with Crippen molar-refractivity contribution in [3.63, 3.8) is 0 Å². The number of halogens is 1. The summed E-state index contributed by atoms with van der Waals surface area (Å²) in [5, 5.41) is 2.77. The third-order valence-corrected chi connectivity index (χ3v) is 5.55. The van der Waals surface area contributed by atoms with E-state index in [1.807, 2.05) is 13.8 Å². The molecule has 2 aliphatic rings. The third kappa shape index (κ3) is 4.47. The summed E-state index contributed by atoms with van der Waals surface area (Å²) in [4.78, 5) is 38.9. The molecule has 1 aromatic carbocycles. The second-order valence-corrected chi connectivity index (χ2v) is 7.57. The van der Waals surface area contributed by atoms with Gasteiger partial charge in [-0.3, -0.25) is 14.4 Å². The van der Waals surface area contributed by atoms with E-state index in [1.54, 1.807) is 30.0 Å². The minimum atomic E-state index is -0.542. The highest BCUT2D eigenvalue weighted by Gasteiger charge is 2.31. The molecule has 1 saturated heterocycles. The maximum atomic E-state index is 12.9. The van der Waals surface area contributed by atoms with Gasteiger partial charge in [0, 0.05) is 30.6 Å². The van der Waals surface area contributed by atoms with Gasteiger partial charge in [0.15, 0.2) is 11.9 Å². The van der Waals surface area contributed by atoms with Crippen LogP contribution in [-0.4, -0.2) is 47.7 Å². The fraction of sp³-hybridized carbons (Fsp3) is 0.550. The zero-order valence-corrected chi connectivity index (χ0v) is 17.3. The minimum absolute atomic E-state index is 0. The van der Waals surface area contributed by atoms with E-state index in [0.29, 0.717) is 42.9 Å². The first-order chi connectivity index (χ1) is 12.8. The molecule has 2 heterocycles. The summed E-state index contributed by atoms with van der Waals surface area (Å²) in [5.41, 5.74) is 6.91.